The van der Waals surface area contributed by atoms with Crippen molar-refractivity contribution in [2.75, 3.05) is 84.4 Å². The number of rotatable bonds is 15. The summed E-state index contributed by atoms with van der Waals surface area (Å²) in [6, 6.07) is 5.44. The van der Waals surface area contributed by atoms with Gasteiger partial charge in [0.2, 0.25) is 0 Å². The number of anilines is 1. The summed E-state index contributed by atoms with van der Waals surface area (Å²) in [5.41, 5.74) is 17.3. The lowest BCUT2D eigenvalue weighted by Gasteiger charge is -2.35. The van der Waals surface area contributed by atoms with Crippen LogP contribution in [0, 0.1) is 0 Å². The lowest BCUT2D eigenvalue weighted by molar-refractivity contribution is 0.270. The molecule has 1 aromatic rings. The van der Waals surface area contributed by atoms with E-state index in [4.69, 9.17) is 11.5 Å². The summed E-state index contributed by atoms with van der Waals surface area (Å²) in [4.78, 5) is 4.94. The van der Waals surface area contributed by atoms with Gasteiger partial charge in [0.05, 0.1) is 0 Å². The van der Waals surface area contributed by atoms with Crippen LogP contribution in [0.3, 0.4) is 0 Å². The van der Waals surface area contributed by atoms with Gasteiger partial charge in [-0.2, -0.15) is 0 Å². The Labute approximate surface area is 234 Å². The van der Waals surface area contributed by atoms with Gasteiger partial charge in [-0.3, -0.25) is 4.90 Å². The Hall–Kier alpha value is -1.22. The predicted molar refractivity (Wildman–Crippen MR) is 167 cm³/mol. The summed E-state index contributed by atoms with van der Waals surface area (Å²) in [6.45, 7) is 29.2. The Bertz CT molecular complexity index is 838. The second kappa shape index (κ2) is 14.4. The molecule has 7 heteroatoms. The standard InChI is InChI=1S/C31H61N7/c1-29(2,3)24-20-26(30(4,5)6)28(34-9)27(21-24)31(7,8)23-35-13-18-37(16-11-32)19-14-36-25-10-15-38(22-25)17-12-33/h20-21,25,34-36H,10-19,22-23,32-33H2,1-9H3. The molecule has 1 unspecified atom stereocenters. The lowest BCUT2D eigenvalue weighted by atomic mass is 9.73. The van der Waals surface area contributed by atoms with Gasteiger partial charge in [0, 0.05) is 89.6 Å². The topological polar surface area (TPSA) is 94.6 Å². The maximum absolute atomic E-state index is 5.95. The minimum absolute atomic E-state index is 0.0161. The van der Waals surface area contributed by atoms with Crippen molar-refractivity contribution in [3.8, 4) is 0 Å². The molecule has 1 saturated heterocycles. The van der Waals surface area contributed by atoms with Crippen LogP contribution in [0.1, 0.15) is 78.5 Å². The summed E-state index contributed by atoms with van der Waals surface area (Å²) >= 11 is 0. The van der Waals surface area contributed by atoms with Crippen LogP contribution in [-0.4, -0.2) is 94.9 Å². The summed E-state index contributed by atoms with van der Waals surface area (Å²) in [6.07, 6.45) is 1.22. The van der Waals surface area contributed by atoms with Crippen LogP contribution in [0.2, 0.25) is 0 Å². The highest BCUT2D eigenvalue weighted by Gasteiger charge is 2.31. The molecule has 1 atom stereocenters. The van der Waals surface area contributed by atoms with Gasteiger partial charge in [0.15, 0.2) is 0 Å². The summed E-state index contributed by atoms with van der Waals surface area (Å²) < 4.78 is 0. The van der Waals surface area contributed by atoms with Crippen LogP contribution in [0.15, 0.2) is 12.1 Å². The molecule has 0 spiro atoms. The fourth-order valence-corrected chi connectivity index (χ4v) is 5.53. The Morgan fingerprint density at radius 3 is 2.13 bits per heavy atom. The van der Waals surface area contributed by atoms with E-state index in [-0.39, 0.29) is 16.2 Å². The summed E-state index contributed by atoms with van der Waals surface area (Å²) in [5, 5.41) is 11.1. The molecule has 0 aromatic heterocycles. The Morgan fingerprint density at radius 1 is 0.895 bits per heavy atom. The fourth-order valence-electron chi connectivity index (χ4n) is 5.53. The van der Waals surface area contributed by atoms with E-state index in [2.05, 4.69) is 100 Å². The smallest absolute Gasteiger partial charge is 0.0414 e. The molecule has 1 aliphatic rings. The van der Waals surface area contributed by atoms with Crippen LogP contribution in [-0.2, 0) is 16.2 Å². The monoisotopic (exact) mass is 531 g/mol. The molecule has 0 aliphatic carbocycles. The molecule has 7 nitrogen and oxygen atoms in total. The molecule has 0 amide bonds. The second-order valence-electron chi connectivity index (χ2n) is 13.9. The third kappa shape index (κ3) is 9.76. The first-order valence-electron chi connectivity index (χ1n) is 14.9. The average molecular weight is 532 g/mol. The van der Waals surface area contributed by atoms with E-state index in [9.17, 15) is 0 Å². The van der Waals surface area contributed by atoms with E-state index in [0.29, 0.717) is 12.6 Å². The number of benzene rings is 1. The molecular weight excluding hydrogens is 470 g/mol. The van der Waals surface area contributed by atoms with Gasteiger partial charge in [0.25, 0.3) is 0 Å². The zero-order valence-corrected chi connectivity index (χ0v) is 26.3. The van der Waals surface area contributed by atoms with Crippen molar-refractivity contribution < 1.29 is 0 Å². The van der Waals surface area contributed by atoms with E-state index >= 15 is 0 Å². The number of hydrogen-bond acceptors (Lipinski definition) is 7. The summed E-state index contributed by atoms with van der Waals surface area (Å²) in [5.74, 6) is 0. The quantitative estimate of drug-likeness (QED) is 0.222. The van der Waals surface area contributed by atoms with E-state index in [0.717, 1.165) is 65.4 Å². The number of nitrogens with zero attached hydrogens (tertiary/aromatic N) is 2. The Morgan fingerprint density at radius 2 is 1.55 bits per heavy atom. The van der Waals surface area contributed by atoms with E-state index in [1.807, 2.05) is 0 Å². The minimum Gasteiger partial charge on any atom is -0.388 e. The normalized spacial score (nSPS) is 17.5. The molecule has 38 heavy (non-hydrogen) atoms. The number of likely N-dealkylation sites (tertiary alicyclic amines) is 1. The maximum atomic E-state index is 5.95. The average Bonchev–Trinajstić information content (AvgIpc) is 3.27. The number of hydrogen-bond donors (Lipinski definition) is 5. The minimum atomic E-state index is -0.0161. The first kappa shape index (κ1) is 33.0. The first-order valence-corrected chi connectivity index (χ1v) is 14.9. The molecule has 1 fully saturated rings. The molecule has 0 radical (unpaired) electrons. The fraction of sp³-hybridized carbons (Fsp3) is 0.806. The van der Waals surface area contributed by atoms with E-state index < -0.39 is 0 Å². The molecule has 7 N–H and O–H groups in total. The lowest BCUT2D eigenvalue weighted by Crippen LogP contribution is -2.43. The van der Waals surface area contributed by atoms with Crippen molar-refractivity contribution >= 4 is 5.69 Å². The number of nitrogens with two attached hydrogens (primary N) is 2. The van der Waals surface area contributed by atoms with Crippen LogP contribution in [0.5, 0.6) is 0 Å². The van der Waals surface area contributed by atoms with Crippen LogP contribution >= 0.6 is 0 Å². The van der Waals surface area contributed by atoms with Crippen LogP contribution in [0.4, 0.5) is 5.69 Å². The molecule has 0 saturated carbocycles. The molecule has 220 valence electrons. The number of nitrogens with one attached hydrogen (secondary N) is 3. The highest BCUT2D eigenvalue weighted by Crippen LogP contribution is 2.41. The molecule has 1 aliphatic heterocycles. The van der Waals surface area contributed by atoms with Gasteiger partial charge in [0.1, 0.15) is 0 Å². The maximum Gasteiger partial charge on any atom is 0.0414 e. The van der Waals surface area contributed by atoms with Gasteiger partial charge in [-0.15, -0.1) is 0 Å². The zero-order valence-electron chi connectivity index (χ0n) is 26.3. The van der Waals surface area contributed by atoms with Crippen molar-refractivity contribution in [3.63, 3.8) is 0 Å². The second-order valence-corrected chi connectivity index (χ2v) is 13.9. The van der Waals surface area contributed by atoms with Crippen molar-refractivity contribution in [2.45, 2.75) is 84.1 Å². The molecular formula is C31H61N7. The Balaban J connectivity index is 1.98. The zero-order chi connectivity index (χ0) is 28.6. The highest BCUT2D eigenvalue weighted by atomic mass is 15.2. The van der Waals surface area contributed by atoms with Crippen LogP contribution < -0.4 is 27.4 Å². The SMILES string of the molecule is CNc1c(C(C)(C)C)cc(C(C)(C)C)cc1C(C)(C)CNCCN(CCN)CCNC1CCN(CCN)C1. The van der Waals surface area contributed by atoms with Crippen molar-refractivity contribution in [2.24, 2.45) is 11.5 Å². The van der Waals surface area contributed by atoms with E-state index in [1.165, 1.54) is 28.8 Å². The molecule has 1 aromatic carbocycles. The summed E-state index contributed by atoms with van der Waals surface area (Å²) in [7, 11) is 2.06. The molecule has 2 rings (SSSR count). The van der Waals surface area contributed by atoms with Crippen molar-refractivity contribution in [1.82, 2.24) is 20.4 Å². The Kier molecular flexibility index (Phi) is 12.5. The van der Waals surface area contributed by atoms with Crippen LogP contribution in [0.25, 0.3) is 0 Å². The highest BCUT2D eigenvalue weighted by molar-refractivity contribution is 5.64. The van der Waals surface area contributed by atoms with Gasteiger partial charge < -0.3 is 32.3 Å². The van der Waals surface area contributed by atoms with Gasteiger partial charge in [-0.1, -0.05) is 67.5 Å². The largest absolute Gasteiger partial charge is 0.388 e. The first-order chi connectivity index (χ1) is 17.7. The van der Waals surface area contributed by atoms with Crippen molar-refractivity contribution in [3.05, 3.63) is 28.8 Å². The third-order valence-electron chi connectivity index (χ3n) is 7.99. The van der Waals surface area contributed by atoms with Gasteiger partial charge >= 0.3 is 0 Å². The van der Waals surface area contributed by atoms with Gasteiger partial charge in [-0.05, 0) is 40.5 Å². The van der Waals surface area contributed by atoms with E-state index in [1.54, 1.807) is 0 Å². The van der Waals surface area contributed by atoms with Gasteiger partial charge in [-0.25, -0.2) is 0 Å². The third-order valence-corrected chi connectivity index (χ3v) is 7.99. The molecule has 0 bridgehead atoms. The molecule has 1 heterocycles. The predicted octanol–water partition coefficient (Wildman–Crippen LogP) is 3.07. The van der Waals surface area contributed by atoms with Crippen molar-refractivity contribution in [1.29, 1.82) is 0 Å².